The topological polar surface area (TPSA) is 83.7 Å². The van der Waals surface area contributed by atoms with Crippen LogP contribution in [0, 0.1) is 10.1 Å². The van der Waals surface area contributed by atoms with E-state index in [0.717, 1.165) is 18.7 Å². The van der Waals surface area contributed by atoms with Crippen molar-refractivity contribution in [3.05, 3.63) is 58.3 Å². The van der Waals surface area contributed by atoms with Gasteiger partial charge in [-0.25, -0.2) is 4.98 Å². The molecule has 1 aromatic heterocycles. The maximum atomic E-state index is 10.9. The molecule has 0 saturated carbocycles. The minimum absolute atomic E-state index is 0.103. The quantitative estimate of drug-likeness (QED) is 0.521. The van der Waals surface area contributed by atoms with Crippen molar-refractivity contribution in [1.29, 1.82) is 0 Å². The molecule has 0 amide bonds. The van der Waals surface area contributed by atoms with Crippen molar-refractivity contribution in [1.82, 2.24) is 4.98 Å². The standard InChI is InChI=1S/C16H17N5O2/c22-21(23)15-4-3-9-17-16(15)19-18-12-13-5-7-14(8-6-13)20-10-1-2-11-20/h3-9,12H,1-2,10-11H2,(H,17,19)/b18-12+. The van der Waals surface area contributed by atoms with Crippen LogP contribution < -0.4 is 10.3 Å². The molecule has 7 nitrogen and oxygen atoms in total. The number of nitro groups is 1. The molecule has 1 fully saturated rings. The first-order valence-corrected chi connectivity index (χ1v) is 7.47. The Hall–Kier alpha value is -2.96. The van der Waals surface area contributed by atoms with Crippen LogP contribution in [0.15, 0.2) is 47.7 Å². The maximum absolute atomic E-state index is 10.9. The van der Waals surface area contributed by atoms with Crippen molar-refractivity contribution < 1.29 is 4.92 Å². The Kier molecular flexibility index (Phi) is 4.46. The summed E-state index contributed by atoms with van der Waals surface area (Å²) in [6, 6.07) is 11.0. The van der Waals surface area contributed by atoms with E-state index in [0.29, 0.717) is 0 Å². The molecule has 1 N–H and O–H groups in total. The average Bonchev–Trinajstić information content (AvgIpc) is 3.10. The van der Waals surface area contributed by atoms with Gasteiger partial charge in [-0.1, -0.05) is 12.1 Å². The monoisotopic (exact) mass is 311 g/mol. The largest absolute Gasteiger partial charge is 0.372 e. The minimum atomic E-state index is -0.490. The number of nitrogens with zero attached hydrogens (tertiary/aromatic N) is 4. The summed E-state index contributed by atoms with van der Waals surface area (Å²) >= 11 is 0. The highest BCUT2D eigenvalue weighted by Gasteiger charge is 2.13. The molecule has 1 aliphatic rings. The fourth-order valence-corrected chi connectivity index (χ4v) is 2.54. The van der Waals surface area contributed by atoms with Crippen LogP contribution in [0.5, 0.6) is 0 Å². The normalized spacial score (nSPS) is 14.3. The number of hydrogen-bond acceptors (Lipinski definition) is 6. The highest BCUT2D eigenvalue weighted by molar-refractivity contribution is 5.81. The van der Waals surface area contributed by atoms with Gasteiger partial charge in [-0.2, -0.15) is 5.10 Å². The van der Waals surface area contributed by atoms with Crippen LogP contribution in [0.3, 0.4) is 0 Å². The lowest BCUT2D eigenvalue weighted by Gasteiger charge is -2.17. The van der Waals surface area contributed by atoms with E-state index in [-0.39, 0.29) is 11.5 Å². The molecule has 118 valence electrons. The van der Waals surface area contributed by atoms with Crippen LogP contribution >= 0.6 is 0 Å². The number of pyridine rings is 1. The number of benzene rings is 1. The molecule has 0 unspecified atom stereocenters. The van der Waals surface area contributed by atoms with Gasteiger partial charge in [0, 0.05) is 31.0 Å². The molecular formula is C16H17N5O2. The fourth-order valence-electron chi connectivity index (χ4n) is 2.54. The average molecular weight is 311 g/mol. The summed E-state index contributed by atoms with van der Waals surface area (Å²) in [6.07, 6.45) is 5.59. The van der Waals surface area contributed by atoms with Gasteiger partial charge in [0.15, 0.2) is 0 Å². The molecular weight excluding hydrogens is 294 g/mol. The van der Waals surface area contributed by atoms with Crippen molar-refractivity contribution >= 4 is 23.4 Å². The molecule has 1 saturated heterocycles. The fraction of sp³-hybridized carbons (Fsp3) is 0.250. The van der Waals surface area contributed by atoms with Gasteiger partial charge in [0.2, 0.25) is 5.82 Å². The van der Waals surface area contributed by atoms with Crippen LogP contribution in [0.1, 0.15) is 18.4 Å². The zero-order valence-corrected chi connectivity index (χ0v) is 12.6. The van der Waals surface area contributed by atoms with Crippen LogP contribution in [0.4, 0.5) is 17.2 Å². The number of anilines is 2. The summed E-state index contributed by atoms with van der Waals surface area (Å²) in [7, 11) is 0. The summed E-state index contributed by atoms with van der Waals surface area (Å²) in [5, 5.41) is 14.9. The van der Waals surface area contributed by atoms with Gasteiger partial charge in [0.05, 0.1) is 11.1 Å². The highest BCUT2D eigenvalue weighted by atomic mass is 16.6. The second kappa shape index (κ2) is 6.87. The smallest absolute Gasteiger partial charge is 0.313 e. The molecule has 1 aromatic carbocycles. The molecule has 1 aliphatic heterocycles. The van der Waals surface area contributed by atoms with Gasteiger partial charge >= 0.3 is 5.69 Å². The summed E-state index contributed by atoms with van der Waals surface area (Å²) in [5.74, 6) is 0.127. The minimum Gasteiger partial charge on any atom is -0.372 e. The third-order valence-corrected chi connectivity index (χ3v) is 3.73. The zero-order valence-electron chi connectivity index (χ0n) is 12.6. The summed E-state index contributed by atoms with van der Waals surface area (Å²) in [6.45, 7) is 2.22. The van der Waals surface area contributed by atoms with E-state index in [9.17, 15) is 10.1 Å². The SMILES string of the molecule is O=[N+]([O-])c1cccnc1N/N=C/c1ccc(N2CCCC2)cc1. The molecule has 0 atom stereocenters. The molecule has 2 heterocycles. The van der Waals surface area contributed by atoms with E-state index >= 15 is 0 Å². The number of aromatic nitrogens is 1. The van der Waals surface area contributed by atoms with Crippen LogP contribution in [-0.2, 0) is 0 Å². The lowest BCUT2D eigenvalue weighted by atomic mass is 10.2. The molecule has 0 bridgehead atoms. The Labute approximate surface area is 133 Å². The predicted molar refractivity (Wildman–Crippen MR) is 90.0 cm³/mol. The Bertz CT molecular complexity index is 709. The van der Waals surface area contributed by atoms with E-state index in [1.54, 1.807) is 6.21 Å². The summed E-state index contributed by atoms with van der Waals surface area (Å²) < 4.78 is 0. The summed E-state index contributed by atoms with van der Waals surface area (Å²) in [5.41, 5.74) is 4.65. The lowest BCUT2D eigenvalue weighted by Crippen LogP contribution is -2.17. The number of nitrogens with one attached hydrogen (secondary N) is 1. The lowest BCUT2D eigenvalue weighted by molar-refractivity contribution is -0.384. The van der Waals surface area contributed by atoms with Gasteiger partial charge in [-0.3, -0.25) is 15.5 Å². The molecule has 23 heavy (non-hydrogen) atoms. The highest BCUT2D eigenvalue weighted by Crippen LogP contribution is 2.21. The first-order chi connectivity index (χ1) is 11.2. The molecule has 2 aromatic rings. The maximum Gasteiger partial charge on any atom is 0.313 e. The number of rotatable bonds is 5. The Morgan fingerprint density at radius 1 is 1.22 bits per heavy atom. The summed E-state index contributed by atoms with van der Waals surface area (Å²) in [4.78, 5) is 16.7. The first-order valence-electron chi connectivity index (χ1n) is 7.47. The van der Waals surface area contributed by atoms with Gasteiger partial charge in [-0.05, 0) is 36.6 Å². The van der Waals surface area contributed by atoms with Crippen molar-refractivity contribution in [2.75, 3.05) is 23.4 Å². The molecule has 0 spiro atoms. The van der Waals surface area contributed by atoms with Crippen LogP contribution in [0.25, 0.3) is 0 Å². The Morgan fingerprint density at radius 2 is 1.96 bits per heavy atom. The van der Waals surface area contributed by atoms with Crippen molar-refractivity contribution in [3.63, 3.8) is 0 Å². The predicted octanol–water partition coefficient (Wildman–Crippen LogP) is 3.04. The zero-order chi connectivity index (χ0) is 16.1. The van der Waals surface area contributed by atoms with Crippen LogP contribution in [0.2, 0.25) is 0 Å². The van der Waals surface area contributed by atoms with Crippen LogP contribution in [-0.4, -0.2) is 29.2 Å². The van der Waals surface area contributed by atoms with Gasteiger partial charge in [-0.15, -0.1) is 0 Å². The first kappa shape index (κ1) is 15.0. The van der Waals surface area contributed by atoms with Gasteiger partial charge < -0.3 is 4.90 Å². The second-order valence-electron chi connectivity index (χ2n) is 5.28. The number of hydrazone groups is 1. The Balaban J connectivity index is 1.65. The molecule has 7 heteroatoms. The molecule has 0 aliphatic carbocycles. The third kappa shape index (κ3) is 3.63. The third-order valence-electron chi connectivity index (χ3n) is 3.73. The Morgan fingerprint density at radius 3 is 2.65 bits per heavy atom. The molecule has 3 rings (SSSR count). The van der Waals surface area contributed by atoms with E-state index in [4.69, 9.17) is 0 Å². The van der Waals surface area contributed by atoms with Gasteiger partial charge in [0.25, 0.3) is 0 Å². The van der Waals surface area contributed by atoms with Crippen molar-refractivity contribution in [2.45, 2.75) is 12.8 Å². The van der Waals surface area contributed by atoms with E-state index in [1.807, 2.05) is 12.1 Å². The number of hydrogen-bond donors (Lipinski definition) is 1. The van der Waals surface area contributed by atoms with E-state index in [2.05, 4.69) is 32.5 Å². The molecule has 0 radical (unpaired) electrons. The second-order valence-corrected chi connectivity index (χ2v) is 5.28. The van der Waals surface area contributed by atoms with E-state index in [1.165, 1.54) is 36.9 Å². The van der Waals surface area contributed by atoms with Crippen molar-refractivity contribution in [2.24, 2.45) is 5.10 Å². The van der Waals surface area contributed by atoms with Crippen molar-refractivity contribution in [3.8, 4) is 0 Å². The van der Waals surface area contributed by atoms with Gasteiger partial charge in [0.1, 0.15) is 0 Å². The van der Waals surface area contributed by atoms with E-state index < -0.39 is 4.92 Å².